The predicted octanol–water partition coefficient (Wildman–Crippen LogP) is 5.41. The van der Waals surface area contributed by atoms with Crippen LogP contribution in [0.2, 0.25) is 0 Å². The van der Waals surface area contributed by atoms with Crippen molar-refractivity contribution in [3.05, 3.63) is 117 Å². The molecular formula is C28H20BF8-. The molecule has 4 rings (SSSR count). The van der Waals surface area contributed by atoms with Crippen LogP contribution in [-0.2, 0) is 0 Å². The van der Waals surface area contributed by atoms with Gasteiger partial charge in [0, 0.05) is 0 Å². The van der Waals surface area contributed by atoms with E-state index in [0.717, 1.165) is 24.3 Å². The molecule has 0 atom stereocenters. The molecule has 0 aliphatic heterocycles. The number of rotatable bonds is 4. The first kappa shape index (κ1) is 26.4. The number of halogens is 8. The van der Waals surface area contributed by atoms with Crippen molar-refractivity contribution < 1.29 is 35.1 Å². The molecule has 0 nitrogen and oxygen atoms in total. The third-order valence-electron chi connectivity index (χ3n) is 7.01. The van der Waals surface area contributed by atoms with Crippen LogP contribution in [0.25, 0.3) is 0 Å². The number of benzene rings is 4. The lowest BCUT2D eigenvalue weighted by atomic mass is 9.12. The summed E-state index contributed by atoms with van der Waals surface area (Å²) in [6.45, 7) is 4.70. The number of aryl methyl sites for hydroxylation is 4. The zero-order valence-electron chi connectivity index (χ0n) is 20.2. The van der Waals surface area contributed by atoms with E-state index in [1.54, 1.807) is 0 Å². The van der Waals surface area contributed by atoms with Crippen LogP contribution in [0.5, 0.6) is 0 Å². The van der Waals surface area contributed by atoms with Gasteiger partial charge in [-0.25, -0.2) is 35.1 Å². The molecule has 192 valence electrons. The molecular weight excluding hydrogens is 499 g/mol. The van der Waals surface area contributed by atoms with Crippen molar-refractivity contribution in [1.29, 1.82) is 0 Å². The van der Waals surface area contributed by atoms with Gasteiger partial charge in [0.1, 0.15) is 6.15 Å². The van der Waals surface area contributed by atoms with Crippen molar-refractivity contribution in [2.24, 2.45) is 0 Å². The Balaban J connectivity index is 2.53. The molecule has 0 N–H and O–H groups in total. The van der Waals surface area contributed by atoms with E-state index in [2.05, 4.69) is 0 Å². The van der Waals surface area contributed by atoms with Crippen molar-refractivity contribution in [2.45, 2.75) is 27.7 Å². The lowest BCUT2D eigenvalue weighted by molar-refractivity contribution is 0.576. The Kier molecular flexibility index (Phi) is 6.69. The molecule has 0 spiro atoms. The molecule has 0 radical (unpaired) electrons. The first-order chi connectivity index (χ1) is 17.3. The molecule has 37 heavy (non-hydrogen) atoms. The smallest absolute Gasteiger partial charge is 0.136 e. The van der Waals surface area contributed by atoms with E-state index >= 15 is 35.1 Å². The Hall–Kier alpha value is -3.62. The summed E-state index contributed by atoms with van der Waals surface area (Å²) in [5.74, 6) is -11.8. The third kappa shape index (κ3) is 3.83. The number of hydrogen-bond donors (Lipinski definition) is 0. The highest BCUT2D eigenvalue weighted by Gasteiger charge is 2.46. The van der Waals surface area contributed by atoms with Crippen molar-refractivity contribution in [3.8, 4) is 0 Å². The molecule has 0 amide bonds. The molecule has 0 fully saturated rings. The molecule has 0 bridgehead atoms. The summed E-state index contributed by atoms with van der Waals surface area (Å²) in [4.78, 5) is 0. The average Bonchev–Trinajstić information content (AvgIpc) is 2.84. The maximum atomic E-state index is 15.9. The summed E-state index contributed by atoms with van der Waals surface area (Å²) < 4.78 is 127. The van der Waals surface area contributed by atoms with E-state index in [1.807, 2.05) is 0 Å². The lowest BCUT2D eigenvalue weighted by Crippen LogP contribution is -2.80. The fourth-order valence-corrected chi connectivity index (χ4v) is 5.17. The minimum atomic E-state index is -4.50. The highest BCUT2D eigenvalue weighted by molar-refractivity contribution is 7.20. The second kappa shape index (κ2) is 9.36. The molecule has 0 unspecified atom stereocenters. The van der Waals surface area contributed by atoms with Crippen molar-refractivity contribution in [3.63, 3.8) is 0 Å². The van der Waals surface area contributed by atoms with E-state index < -0.39 is 74.5 Å². The van der Waals surface area contributed by atoms with E-state index in [0.29, 0.717) is 24.3 Å². The lowest BCUT2D eigenvalue weighted by Gasteiger charge is -2.45. The second-order valence-electron chi connectivity index (χ2n) is 9.23. The van der Waals surface area contributed by atoms with Crippen LogP contribution in [0.1, 0.15) is 22.3 Å². The SMILES string of the molecule is Cc1ccc(F)c([B-](c2c(F)ccc(C)c2F)(c2c(F)ccc(C)c2F)c2c(F)ccc(C)c2F)c1F. The molecule has 0 saturated heterocycles. The van der Waals surface area contributed by atoms with Gasteiger partial charge in [0.25, 0.3) is 0 Å². The Bertz CT molecular complexity index is 1330. The van der Waals surface area contributed by atoms with Gasteiger partial charge < -0.3 is 0 Å². The molecule has 0 aromatic heterocycles. The fourth-order valence-electron chi connectivity index (χ4n) is 5.17. The summed E-state index contributed by atoms with van der Waals surface area (Å²) in [6.07, 6.45) is -4.50. The van der Waals surface area contributed by atoms with Crippen LogP contribution in [0.15, 0.2) is 48.5 Å². The average molecular weight is 519 g/mol. The van der Waals surface area contributed by atoms with Crippen molar-refractivity contribution in [1.82, 2.24) is 0 Å². The minimum Gasteiger partial charge on any atom is -0.210 e. The van der Waals surface area contributed by atoms with Gasteiger partial charge in [-0.05, 0) is 74.2 Å². The van der Waals surface area contributed by atoms with Gasteiger partial charge in [-0.1, -0.05) is 24.3 Å². The standard InChI is InChI=1S/C28H20BF8/c1-13-5-9-17(30)21(25(13)34)29(22-18(31)10-6-14(2)26(22)35,23-19(32)11-7-15(3)27(23)36)24-20(33)12-8-16(4)28(24)37/h5-12H,1-4H3/q-1. The van der Waals surface area contributed by atoms with E-state index in [-0.39, 0.29) is 22.3 Å². The molecule has 4 aromatic carbocycles. The van der Waals surface area contributed by atoms with Gasteiger partial charge >= 0.3 is 0 Å². The highest BCUT2D eigenvalue weighted by atomic mass is 19.2. The van der Waals surface area contributed by atoms with Crippen LogP contribution in [0.3, 0.4) is 0 Å². The maximum absolute atomic E-state index is 15.9. The van der Waals surface area contributed by atoms with Crippen LogP contribution in [0, 0.1) is 74.2 Å². The Labute approximate surface area is 208 Å². The molecule has 0 aliphatic carbocycles. The Morgan fingerprint density at radius 3 is 0.730 bits per heavy atom. The monoisotopic (exact) mass is 519 g/mol. The minimum absolute atomic E-state index is 0.280. The molecule has 0 saturated carbocycles. The van der Waals surface area contributed by atoms with E-state index in [9.17, 15) is 0 Å². The van der Waals surface area contributed by atoms with Crippen LogP contribution >= 0.6 is 0 Å². The van der Waals surface area contributed by atoms with Gasteiger partial charge in [-0.2, -0.15) is 0 Å². The van der Waals surface area contributed by atoms with E-state index in [4.69, 9.17) is 0 Å². The van der Waals surface area contributed by atoms with Crippen LogP contribution in [-0.4, -0.2) is 6.15 Å². The molecule has 9 heteroatoms. The first-order valence-corrected chi connectivity index (χ1v) is 11.3. The maximum Gasteiger partial charge on any atom is 0.136 e. The Morgan fingerprint density at radius 2 is 0.541 bits per heavy atom. The highest BCUT2D eigenvalue weighted by Crippen LogP contribution is 2.25. The summed E-state index contributed by atoms with van der Waals surface area (Å²) in [5.41, 5.74) is -6.19. The van der Waals surface area contributed by atoms with E-state index in [1.165, 1.54) is 27.7 Å². The number of hydrogen-bond acceptors (Lipinski definition) is 0. The summed E-state index contributed by atoms with van der Waals surface area (Å²) in [6, 6.07) is 6.82. The van der Waals surface area contributed by atoms with Gasteiger partial charge in [0.05, 0.1) is 46.5 Å². The Morgan fingerprint density at radius 1 is 0.351 bits per heavy atom. The molecule has 0 aliphatic rings. The van der Waals surface area contributed by atoms with Gasteiger partial charge in [-0.15, -0.1) is 21.9 Å². The van der Waals surface area contributed by atoms with Gasteiger partial charge in [-0.3, -0.25) is 0 Å². The predicted molar refractivity (Wildman–Crippen MR) is 129 cm³/mol. The van der Waals surface area contributed by atoms with Crippen molar-refractivity contribution in [2.75, 3.05) is 0 Å². The van der Waals surface area contributed by atoms with Crippen LogP contribution in [0.4, 0.5) is 35.1 Å². The van der Waals surface area contributed by atoms with Crippen molar-refractivity contribution >= 4 is 28.0 Å². The summed E-state index contributed by atoms with van der Waals surface area (Å²) in [5, 5.41) is 0. The molecule has 0 heterocycles. The fraction of sp³-hybridized carbons (Fsp3) is 0.143. The zero-order valence-corrected chi connectivity index (χ0v) is 20.2. The first-order valence-electron chi connectivity index (χ1n) is 11.3. The summed E-state index contributed by atoms with van der Waals surface area (Å²) >= 11 is 0. The normalized spacial score (nSPS) is 11.8. The summed E-state index contributed by atoms with van der Waals surface area (Å²) in [7, 11) is 0. The van der Waals surface area contributed by atoms with Crippen LogP contribution < -0.4 is 21.9 Å². The van der Waals surface area contributed by atoms with Gasteiger partial charge in [0.15, 0.2) is 0 Å². The molecule has 4 aromatic rings. The zero-order chi connectivity index (χ0) is 27.4. The largest absolute Gasteiger partial charge is 0.210 e. The topological polar surface area (TPSA) is 0 Å². The quantitative estimate of drug-likeness (QED) is 0.250. The third-order valence-corrected chi connectivity index (χ3v) is 7.01. The second-order valence-corrected chi connectivity index (χ2v) is 9.23. The van der Waals surface area contributed by atoms with Gasteiger partial charge in [0.2, 0.25) is 0 Å².